The van der Waals surface area contributed by atoms with Crippen molar-refractivity contribution in [3.63, 3.8) is 0 Å². The number of hydrogen-bond donors (Lipinski definition) is 1. The number of thiophene rings is 1. The normalized spacial score (nSPS) is 18.6. The van der Waals surface area contributed by atoms with Gasteiger partial charge in [-0.3, -0.25) is 9.89 Å². The number of ether oxygens (including phenoxy) is 1. The van der Waals surface area contributed by atoms with Gasteiger partial charge in [0.05, 0.1) is 19.6 Å². The zero-order chi connectivity index (χ0) is 15.5. The molecule has 2 aromatic heterocycles. The molecule has 1 fully saturated rings. The Kier molecular flexibility index (Phi) is 4.54. The predicted molar refractivity (Wildman–Crippen MR) is 83.8 cm³/mol. The Bertz CT molecular complexity index is 652. The van der Waals surface area contributed by atoms with E-state index in [0.717, 1.165) is 17.1 Å². The summed E-state index contributed by atoms with van der Waals surface area (Å²) in [5.74, 6) is 1.62. The lowest BCUT2D eigenvalue weighted by Crippen LogP contribution is -2.43. The fraction of sp³-hybridized carbons (Fsp3) is 0.533. The molecule has 118 valence electrons. The van der Waals surface area contributed by atoms with Crippen molar-refractivity contribution < 1.29 is 9.53 Å². The second-order valence-electron chi connectivity index (χ2n) is 5.38. The standard InChI is InChI=1S/C15H20N4O2S/c1-3-13-16-15(18-17-13)12-9-19(6-7-21-12)14(20)8-11-5-4-10(2)22-11/h4-5,12H,3,6-9H2,1-2H3,(H,16,17,18)/t12-/m1/s1. The lowest BCUT2D eigenvalue weighted by atomic mass is 10.2. The topological polar surface area (TPSA) is 71.1 Å². The van der Waals surface area contributed by atoms with Crippen LogP contribution in [-0.4, -0.2) is 45.7 Å². The van der Waals surface area contributed by atoms with Crippen LogP contribution in [0, 0.1) is 6.92 Å². The first kappa shape index (κ1) is 15.2. The minimum absolute atomic E-state index is 0.140. The zero-order valence-corrected chi connectivity index (χ0v) is 13.7. The first-order chi connectivity index (χ1) is 10.7. The molecule has 0 aromatic carbocycles. The van der Waals surface area contributed by atoms with Gasteiger partial charge in [0.15, 0.2) is 5.82 Å². The van der Waals surface area contributed by atoms with E-state index in [1.165, 1.54) is 4.88 Å². The van der Waals surface area contributed by atoms with Crippen molar-refractivity contribution in [2.45, 2.75) is 32.8 Å². The van der Waals surface area contributed by atoms with Gasteiger partial charge in [-0.25, -0.2) is 4.98 Å². The van der Waals surface area contributed by atoms with E-state index in [9.17, 15) is 4.79 Å². The molecule has 22 heavy (non-hydrogen) atoms. The van der Waals surface area contributed by atoms with Crippen LogP contribution < -0.4 is 0 Å². The third-order valence-corrected chi connectivity index (χ3v) is 4.71. The van der Waals surface area contributed by atoms with E-state index in [1.54, 1.807) is 11.3 Å². The van der Waals surface area contributed by atoms with Gasteiger partial charge < -0.3 is 9.64 Å². The van der Waals surface area contributed by atoms with E-state index in [4.69, 9.17) is 4.74 Å². The summed E-state index contributed by atoms with van der Waals surface area (Å²) in [6, 6.07) is 4.08. The molecule has 3 heterocycles. The van der Waals surface area contributed by atoms with E-state index < -0.39 is 0 Å². The van der Waals surface area contributed by atoms with E-state index in [1.807, 2.05) is 17.9 Å². The molecule has 1 atom stereocenters. The van der Waals surface area contributed by atoms with Crippen LogP contribution in [-0.2, 0) is 22.4 Å². The molecule has 1 aliphatic heterocycles. The number of aryl methyl sites for hydroxylation is 2. The average molecular weight is 320 g/mol. The van der Waals surface area contributed by atoms with Crippen molar-refractivity contribution in [2.75, 3.05) is 19.7 Å². The highest BCUT2D eigenvalue weighted by Crippen LogP contribution is 2.21. The number of nitrogens with zero attached hydrogens (tertiary/aromatic N) is 3. The SMILES string of the molecule is CCc1nc([C@H]2CN(C(=O)Cc3ccc(C)s3)CCO2)n[nH]1. The Morgan fingerprint density at radius 2 is 2.41 bits per heavy atom. The molecule has 0 saturated carbocycles. The number of H-pyrrole nitrogens is 1. The number of amides is 1. The zero-order valence-electron chi connectivity index (χ0n) is 12.8. The van der Waals surface area contributed by atoms with Crippen molar-refractivity contribution in [2.24, 2.45) is 0 Å². The van der Waals surface area contributed by atoms with E-state index in [-0.39, 0.29) is 12.0 Å². The number of rotatable bonds is 4. The summed E-state index contributed by atoms with van der Waals surface area (Å²) in [7, 11) is 0. The summed E-state index contributed by atoms with van der Waals surface area (Å²) in [5, 5.41) is 7.09. The highest BCUT2D eigenvalue weighted by molar-refractivity contribution is 7.12. The Morgan fingerprint density at radius 1 is 1.55 bits per heavy atom. The third kappa shape index (κ3) is 3.36. The summed E-state index contributed by atoms with van der Waals surface area (Å²) in [4.78, 5) is 21.0. The Morgan fingerprint density at radius 3 is 3.09 bits per heavy atom. The molecular weight excluding hydrogens is 300 g/mol. The first-order valence-electron chi connectivity index (χ1n) is 7.51. The van der Waals surface area contributed by atoms with Crippen LogP contribution in [0.5, 0.6) is 0 Å². The summed E-state index contributed by atoms with van der Waals surface area (Å²) in [6.45, 7) is 5.74. The molecule has 1 saturated heterocycles. The maximum absolute atomic E-state index is 12.4. The lowest BCUT2D eigenvalue weighted by Gasteiger charge is -2.31. The molecule has 7 heteroatoms. The highest BCUT2D eigenvalue weighted by atomic mass is 32.1. The van der Waals surface area contributed by atoms with E-state index in [2.05, 4.69) is 28.2 Å². The van der Waals surface area contributed by atoms with Crippen LogP contribution >= 0.6 is 11.3 Å². The first-order valence-corrected chi connectivity index (χ1v) is 8.33. The molecular formula is C15H20N4O2S. The summed E-state index contributed by atoms with van der Waals surface area (Å²) >= 11 is 1.68. The van der Waals surface area contributed by atoms with Gasteiger partial charge in [0.25, 0.3) is 0 Å². The molecule has 6 nitrogen and oxygen atoms in total. The smallest absolute Gasteiger partial charge is 0.228 e. The second kappa shape index (κ2) is 6.58. The second-order valence-corrected chi connectivity index (χ2v) is 6.75. The van der Waals surface area contributed by atoms with Gasteiger partial charge >= 0.3 is 0 Å². The van der Waals surface area contributed by atoms with Gasteiger partial charge in [-0.05, 0) is 19.1 Å². The molecule has 0 bridgehead atoms. The van der Waals surface area contributed by atoms with Gasteiger partial charge in [0.1, 0.15) is 11.9 Å². The van der Waals surface area contributed by atoms with Crippen LogP contribution in [0.3, 0.4) is 0 Å². The number of hydrogen-bond acceptors (Lipinski definition) is 5. The molecule has 1 N–H and O–H groups in total. The summed E-state index contributed by atoms with van der Waals surface area (Å²) < 4.78 is 5.72. The Balaban J connectivity index is 1.63. The average Bonchev–Trinajstić information content (AvgIpc) is 3.16. The number of carbonyl (C=O) groups is 1. The fourth-order valence-electron chi connectivity index (χ4n) is 2.49. The summed E-state index contributed by atoms with van der Waals surface area (Å²) in [6.07, 6.45) is 1.03. The number of aromatic amines is 1. The van der Waals surface area contributed by atoms with Crippen LogP contribution in [0.4, 0.5) is 0 Å². The third-order valence-electron chi connectivity index (χ3n) is 3.71. The largest absolute Gasteiger partial charge is 0.366 e. The highest BCUT2D eigenvalue weighted by Gasteiger charge is 2.28. The predicted octanol–water partition coefficient (Wildman–Crippen LogP) is 1.88. The Hall–Kier alpha value is -1.73. The number of carbonyl (C=O) groups excluding carboxylic acids is 1. The fourth-order valence-corrected chi connectivity index (χ4v) is 3.37. The molecule has 1 amide bonds. The van der Waals surface area contributed by atoms with Crippen molar-refractivity contribution >= 4 is 17.2 Å². The van der Waals surface area contributed by atoms with Crippen molar-refractivity contribution in [1.29, 1.82) is 0 Å². The molecule has 0 spiro atoms. The molecule has 3 rings (SSSR count). The molecule has 0 aliphatic carbocycles. The quantitative estimate of drug-likeness (QED) is 0.934. The molecule has 0 radical (unpaired) electrons. The maximum Gasteiger partial charge on any atom is 0.228 e. The van der Waals surface area contributed by atoms with Crippen LogP contribution in [0.25, 0.3) is 0 Å². The van der Waals surface area contributed by atoms with Crippen LogP contribution in [0.1, 0.15) is 34.4 Å². The van der Waals surface area contributed by atoms with E-state index >= 15 is 0 Å². The van der Waals surface area contributed by atoms with Crippen LogP contribution in [0.2, 0.25) is 0 Å². The monoisotopic (exact) mass is 320 g/mol. The summed E-state index contributed by atoms with van der Waals surface area (Å²) in [5.41, 5.74) is 0. The minimum atomic E-state index is -0.237. The van der Waals surface area contributed by atoms with Crippen molar-refractivity contribution in [1.82, 2.24) is 20.1 Å². The van der Waals surface area contributed by atoms with Gasteiger partial charge in [-0.15, -0.1) is 11.3 Å². The Labute approximate surface area is 133 Å². The molecule has 2 aromatic rings. The van der Waals surface area contributed by atoms with E-state index in [0.29, 0.717) is 31.9 Å². The molecule has 1 aliphatic rings. The maximum atomic E-state index is 12.4. The minimum Gasteiger partial charge on any atom is -0.366 e. The number of aromatic nitrogens is 3. The van der Waals surface area contributed by atoms with Gasteiger partial charge in [-0.1, -0.05) is 6.92 Å². The van der Waals surface area contributed by atoms with Gasteiger partial charge in [-0.2, -0.15) is 5.10 Å². The van der Waals surface area contributed by atoms with Gasteiger partial charge in [0, 0.05) is 22.7 Å². The number of nitrogens with one attached hydrogen (secondary N) is 1. The van der Waals surface area contributed by atoms with Crippen molar-refractivity contribution in [3.05, 3.63) is 33.5 Å². The lowest BCUT2D eigenvalue weighted by molar-refractivity contribution is -0.138. The van der Waals surface area contributed by atoms with Crippen molar-refractivity contribution in [3.8, 4) is 0 Å². The van der Waals surface area contributed by atoms with Gasteiger partial charge in [0.2, 0.25) is 5.91 Å². The molecule has 0 unspecified atom stereocenters. The van der Waals surface area contributed by atoms with Crippen LogP contribution in [0.15, 0.2) is 12.1 Å². The number of morpholine rings is 1.